The van der Waals surface area contributed by atoms with Crippen molar-refractivity contribution in [1.82, 2.24) is 4.90 Å². The minimum atomic E-state index is -0.107. The smallest absolute Gasteiger partial charge is 0.266 e. The van der Waals surface area contributed by atoms with Gasteiger partial charge in [-0.2, -0.15) is 0 Å². The van der Waals surface area contributed by atoms with Gasteiger partial charge in [-0.25, -0.2) is 0 Å². The van der Waals surface area contributed by atoms with Crippen molar-refractivity contribution in [2.24, 2.45) is 0 Å². The summed E-state index contributed by atoms with van der Waals surface area (Å²) in [6.45, 7) is 2.46. The van der Waals surface area contributed by atoms with Gasteiger partial charge in [0.25, 0.3) is 5.91 Å². The Hall–Kier alpha value is -2.86. The van der Waals surface area contributed by atoms with Gasteiger partial charge in [-0.3, -0.25) is 9.59 Å². The largest absolute Gasteiger partial charge is 0.497 e. The van der Waals surface area contributed by atoms with Crippen LogP contribution >= 0.6 is 11.3 Å². The van der Waals surface area contributed by atoms with Crippen LogP contribution in [-0.2, 0) is 11.2 Å². The highest BCUT2D eigenvalue weighted by Crippen LogP contribution is 2.34. The molecule has 162 valence electrons. The standard InChI is InChI=1S/C25H28N2O3S/c1-17(28)27-15-7-3-4-8-19(27)16-22-21-9-5-6-10-23(21)31-24(22)25(29)26-18-11-13-20(30-2)14-12-18/h5-6,9-14,19H,3-4,7-8,15-16H2,1-2H3,(H,26,29)/t19-/m1/s1. The molecule has 1 aliphatic heterocycles. The lowest BCUT2D eigenvalue weighted by Crippen LogP contribution is -2.40. The Morgan fingerprint density at radius 2 is 1.87 bits per heavy atom. The van der Waals surface area contributed by atoms with Gasteiger partial charge in [0.15, 0.2) is 0 Å². The van der Waals surface area contributed by atoms with E-state index in [2.05, 4.69) is 17.4 Å². The summed E-state index contributed by atoms with van der Waals surface area (Å²) in [6.07, 6.45) is 4.99. The molecule has 1 atom stereocenters. The number of ether oxygens (including phenoxy) is 1. The fraction of sp³-hybridized carbons (Fsp3) is 0.360. The summed E-state index contributed by atoms with van der Waals surface area (Å²) in [5, 5.41) is 4.14. The van der Waals surface area contributed by atoms with Gasteiger partial charge in [-0.15, -0.1) is 11.3 Å². The van der Waals surface area contributed by atoms with Crippen molar-refractivity contribution in [2.75, 3.05) is 19.0 Å². The van der Waals surface area contributed by atoms with Crippen LogP contribution in [0.5, 0.6) is 5.75 Å². The van der Waals surface area contributed by atoms with Crippen molar-refractivity contribution in [3.8, 4) is 5.75 Å². The minimum absolute atomic E-state index is 0.107. The first kappa shape index (κ1) is 21.4. The van der Waals surface area contributed by atoms with Gasteiger partial charge in [-0.05, 0) is 60.5 Å². The third-order valence-electron chi connectivity index (χ3n) is 5.97. The van der Waals surface area contributed by atoms with Crippen molar-refractivity contribution in [3.05, 3.63) is 59.0 Å². The second-order valence-electron chi connectivity index (χ2n) is 8.01. The summed E-state index contributed by atoms with van der Waals surface area (Å²) in [5.74, 6) is 0.762. The number of rotatable bonds is 5. The number of likely N-dealkylation sites (tertiary alicyclic amines) is 1. The van der Waals surface area contributed by atoms with Gasteiger partial charge < -0.3 is 15.0 Å². The van der Waals surface area contributed by atoms with E-state index in [4.69, 9.17) is 4.74 Å². The molecule has 1 aromatic heterocycles. The molecule has 2 aromatic carbocycles. The normalized spacial score (nSPS) is 16.7. The highest BCUT2D eigenvalue weighted by Gasteiger charge is 2.27. The lowest BCUT2D eigenvalue weighted by Gasteiger charge is -2.29. The number of carbonyl (C=O) groups is 2. The number of hydrogen-bond acceptors (Lipinski definition) is 4. The fourth-order valence-corrected chi connectivity index (χ4v) is 5.51. The predicted octanol–water partition coefficient (Wildman–Crippen LogP) is 5.50. The van der Waals surface area contributed by atoms with Crippen LogP contribution in [0, 0.1) is 0 Å². The van der Waals surface area contributed by atoms with Crippen LogP contribution < -0.4 is 10.1 Å². The number of anilines is 1. The first-order chi connectivity index (χ1) is 15.1. The molecule has 0 unspecified atom stereocenters. The van der Waals surface area contributed by atoms with Crippen LogP contribution in [0.15, 0.2) is 48.5 Å². The number of carbonyl (C=O) groups excluding carboxylic acids is 2. The summed E-state index contributed by atoms with van der Waals surface area (Å²) in [5.41, 5.74) is 1.78. The molecule has 2 heterocycles. The van der Waals surface area contributed by atoms with E-state index in [0.717, 1.165) is 64.2 Å². The zero-order valence-corrected chi connectivity index (χ0v) is 18.8. The van der Waals surface area contributed by atoms with E-state index in [9.17, 15) is 9.59 Å². The summed E-state index contributed by atoms with van der Waals surface area (Å²) in [6, 6.07) is 15.6. The SMILES string of the molecule is COc1ccc(NC(=O)c2sc3ccccc3c2C[C@H]2CCCCCN2C(C)=O)cc1. The van der Waals surface area contributed by atoms with Gasteiger partial charge in [0.1, 0.15) is 5.75 Å². The van der Waals surface area contributed by atoms with Gasteiger partial charge in [0.2, 0.25) is 5.91 Å². The van der Waals surface area contributed by atoms with Crippen LogP contribution in [0.4, 0.5) is 5.69 Å². The fourth-order valence-electron chi connectivity index (χ4n) is 4.39. The molecule has 3 aromatic rings. The number of thiophene rings is 1. The first-order valence-corrected chi connectivity index (χ1v) is 11.6. The minimum Gasteiger partial charge on any atom is -0.497 e. The van der Waals surface area contributed by atoms with Crippen molar-refractivity contribution in [2.45, 2.75) is 45.1 Å². The third kappa shape index (κ3) is 4.74. The van der Waals surface area contributed by atoms with Crippen molar-refractivity contribution in [3.63, 3.8) is 0 Å². The van der Waals surface area contributed by atoms with Gasteiger partial charge in [-0.1, -0.05) is 31.0 Å². The molecule has 1 N–H and O–H groups in total. The second-order valence-corrected chi connectivity index (χ2v) is 9.06. The number of nitrogens with one attached hydrogen (secondary N) is 1. The zero-order chi connectivity index (χ0) is 21.8. The lowest BCUT2D eigenvalue weighted by atomic mass is 9.98. The second kappa shape index (κ2) is 9.52. The molecule has 1 aliphatic rings. The summed E-state index contributed by atoms with van der Waals surface area (Å²) < 4.78 is 6.30. The molecule has 0 spiro atoms. The summed E-state index contributed by atoms with van der Waals surface area (Å²) in [7, 11) is 1.62. The molecule has 2 amide bonds. The Bertz CT molecular complexity index is 1070. The Kier molecular flexibility index (Phi) is 6.56. The number of nitrogens with zero attached hydrogens (tertiary/aromatic N) is 1. The first-order valence-electron chi connectivity index (χ1n) is 10.8. The molecule has 31 heavy (non-hydrogen) atoms. The summed E-state index contributed by atoms with van der Waals surface area (Å²) in [4.78, 5) is 28.3. The van der Waals surface area contributed by atoms with E-state index in [0.29, 0.717) is 6.42 Å². The molecular weight excluding hydrogens is 408 g/mol. The van der Waals surface area contributed by atoms with Crippen molar-refractivity contribution >= 4 is 38.9 Å². The van der Waals surface area contributed by atoms with Gasteiger partial charge in [0, 0.05) is 29.9 Å². The van der Waals surface area contributed by atoms with E-state index in [-0.39, 0.29) is 17.9 Å². The molecular formula is C25H28N2O3S. The Morgan fingerprint density at radius 3 is 2.61 bits per heavy atom. The van der Waals surface area contributed by atoms with Crippen LogP contribution in [-0.4, -0.2) is 36.4 Å². The van der Waals surface area contributed by atoms with Crippen LogP contribution in [0.1, 0.15) is 47.8 Å². The van der Waals surface area contributed by atoms with E-state index < -0.39 is 0 Å². The number of methoxy groups -OCH3 is 1. The molecule has 4 rings (SSSR count). The average molecular weight is 437 g/mol. The third-order valence-corrected chi connectivity index (χ3v) is 7.19. The molecule has 1 saturated heterocycles. The van der Waals surface area contributed by atoms with Crippen LogP contribution in [0.3, 0.4) is 0 Å². The number of fused-ring (bicyclic) bond motifs is 1. The zero-order valence-electron chi connectivity index (χ0n) is 18.0. The maximum Gasteiger partial charge on any atom is 0.266 e. The molecule has 6 heteroatoms. The van der Waals surface area contributed by atoms with Crippen molar-refractivity contribution < 1.29 is 14.3 Å². The predicted molar refractivity (Wildman–Crippen MR) is 126 cm³/mol. The number of benzene rings is 2. The molecule has 0 radical (unpaired) electrons. The number of hydrogen-bond donors (Lipinski definition) is 1. The highest BCUT2D eigenvalue weighted by atomic mass is 32.1. The molecule has 0 bridgehead atoms. The maximum atomic E-state index is 13.3. The lowest BCUT2D eigenvalue weighted by molar-refractivity contribution is -0.131. The molecule has 0 aliphatic carbocycles. The quantitative estimate of drug-likeness (QED) is 0.575. The van der Waals surface area contributed by atoms with Crippen LogP contribution in [0.25, 0.3) is 10.1 Å². The Balaban J connectivity index is 1.66. The highest BCUT2D eigenvalue weighted by molar-refractivity contribution is 7.21. The van der Waals surface area contributed by atoms with E-state index in [1.807, 2.05) is 41.3 Å². The van der Waals surface area contributed by atoms with Gasteiger partial charge in [0.05, 0.1) is 12.0 Å². The topological polar surface area (TPSA) is 58.6 Å². The molecule has 5 nitrogen and oxygen atoms in total. The van der Waals surface area contributed by atoms with Crippen LogP contribution in [0.2, 0.25) is 0 Å². The monoisotopic (exact) mass is 436 g/mol. The Morgan fingerprint density at radius 1 is 1.10 bits per heavy atom. The van der Waals surface area contributed by atoms with E-state index in [1.165, 1.54) is 11.3 Å². The number of amides is 2. The summed E-state index contributed by atoms with van der Waals surface area (Å²) >= 11 is 1.52. The molecule has 1 fully saturated rings. The average Bonchev–Trinajstić information content (AvgIpc) is 2.97. The van der Waals surface area contributed by atoms with E-state index >= 15 is 0 Å². The van der Waals surface area contributed by atoms with E-state index in [1.54, 1.807) is 14.0 Å². The maximum absolute atomic E-state index is 13.3. The molecule has 0 saturated carbocycles. The van der Waals surface area contributed by atoms with Crippen molar-refractivity contribution in [1.29, 1.82) is 0 Å². The van der Waals surface area contributed by atoms with Gasteiger partial charge >= 0.3 is 0 Å². The Labute approximate surface area is 187 Å².